The summed E-state index contributed by atoms with van der Waals surface area (Å²) in [6, 6.07) is 14.2. The van der Waals surface area contributed by atoms with E-state index in [1.807, 2.05) is 53.6 Å². The van der Waals surface area contributed by atoms with Gasteiger partial charge >= 0.3 is 0 Å². The minimum atomic E-state index is -0.0312. The van der Waals surface area contributed by atoms with Gasteiger partial charge in [0.05, 0.1) is 41.0 Å². The molecular formula is C25H21ClN8. The van der Waals surface area contributed by atoms with Crippen molar-refractivity contribution < 1.29 is 0 Å². The largest absolute Gasteiger partial charge is 0.356 e. The Labute approximate surface area is 200 Å². The quantitative estimate of drug-likeness (QED) is 0.389. The van der Waals surface area contributed by atoms with Gasteiger partial charge in [-0.25, -0.2) is 15.0 Å². The Balaban J connectivity index is 1.27. The van der Waals surface area contributed by atoms with Crippen molar-refractivity contribution in [2.45, 2.75) is 18.9 Å². The third-order valence-corrected chi connectivity index (χ3v) is 6.92. The summed E-state index contributed by atoms with van der Waals surface area (Å²) in [6.07, 6.45) is 8.56. The normalized spacial score (nSPS) is 16.8. The van der Waals surface area contributed by atoms with Gasteiger partial charge in [0.1, 0.15) is 17.8 Å². The zero-order valence-electron chi connectivity index (χ0n) is 18.3. The van der Waals surface area contributed by atoms with Crippen LogP contribution < -0.4 is 4.90 Å². The van der Waals surface area contributed by atoms with Gasteiger partial charge in [0, 0.05) is 47.7 Å². The second-order valence-electron chi connectivity index (χ2n) is 8.58. The van der Waals surface area contributed by atoms with Crippen molar-refractivity contribution in [3.63, 3.8) is 0 Å². The molecule has 1 aliphatic heterocycles. The SMILES string of the molecule is N#CCC(C1CCN(c2ccc3cccc(Cl)c3n2)C1)n1cc(-c2ncnc3[nH]ccc23)cn1. The maximum absolute atomic E-state index is 9.57. The molecule has 0 saturated carbocycles. The Morgan fingerprint density at radius 2 is 2.15 bits per heavy atom. The van der Waals surface area contributed by atoms with Gasteiger partial charge in [0.15, 0.2) is 0 Å². The van der Waals surface area contributed by atoms with Crippen LogP contribution in [0.15, 0.2) is 61.3 Å². The first-order valence-corrected chi connectivity index (χ1v) is 11.6. The zero-order chi connectivity index (χ0) is 23.1. The number of aromatic amines is 1. The lowest BCUT2D eigenvalue weighted by atomic mass is 9.96. The van der Waals surface area contributed by atoms with Crippen LogP contribution in [0.2, 0.25) is 5.02 Å². The van der Waals surface area contributed by atoms with Gasteiger partial charge in [0.2, 0.25) is 0 Å². The fraction of sp³-hybridized carbons (Fsp3) is 0.240. The molecule has 34 heavy (non-hydrogen) atoms. The summed E-state index contributed by atoms with van der Waals surface area (Å²) in [5.41, 5.74) is 3.35. The summed E-state index contributed by atoms with van der Waals surface area (Å²) in [6.45, 7) is 1.68. The Morgan fingerprint density at radius 1 is 1.21 bits per heavy atom. The number of hydrogen-bond acceptors (Lipinski definition) is 6. The molecule has 0 aliphatic carbocycles. The monoisotopic (exact) mass is 468 g/mol. The molecule has 2 atom stereocenters. The highest BCUT2D eigenvalue weighted by atomic mass is 35.5. The number of nitriles is 1. The van der Waals surface area contributed by atoms with Gasteiger partial charge in [-0.2, -0.15) is 10.4 Å². The molecule has 0 spiro atoms. The number of nitrogens with zero attached hydrogens (tertiary/aromatic N) is 7. The van der Waals surface area contributed by atoms with Gasteiger partial charge < -0.3 is 9.88 Å². The summed E-state index contributed by atoms with van der Waals surface area (Å²) < 4.78 is 1.93. The highest BCUT2D eigenvalue weighted by Gasteiger charge is 2.32. The second kappa shape index (κ2) is 8.43. The van der Waals surface area contributed by atoms with Crippen LogP contribution in [0.1, 0.15) is 18.9 Å². The van der Waals surface area contributed by atoms with Gasteiger partial charge in [-0.3, -0.25) is 4.68 Å². The van der Waals surface area contributed by atoms with E-state index in [-0.39, 0.29) is 12.0 Å². The summed E-state index contributed by atoms with van der Waals surface area (Å²) in [5, 5.41) is 16.8. The van der Waals surface area contributed by atoms with E-state index < -0.39 is 0 Å². The number of halogens is 1. The highest BCUT2D eigenvalue weighted by molar-refractivity contribution is 6.35. The number of H-pyrrole nitrogens is 1. The topological polar surface area (TPSA) is 99.3 Å². The maximum Gasteiger partial charge on any atom is 0.141 e. The van der Waals surface area contributed by atoms with E-state index in [9.17, 15) is 5.26 Å². The first-order valence-electron chi connectivity index (χ1n) is 11.2. The lowest BCUT2D eigenvalue weighted by Crippen LogP contribution is -2.25. The third-order valence-electron chi connectivity index (χ3n) is 6.62. The molecule has 5 aromatic rings. The van der Waals surface area contributed by atoms with E-state index >= 15 is 0 Å². The number of aromatic nitrogens is 6. The molecule has 1 aliphatic rings. The van der Waals surface area contributed by atoms with E-state index in [2.05, 4.69) is 37.1 Å². The van der Waals surface area contributed by atoms with Crippen LogP contribution >= 0.6 is 11.6 Å². The fourth-order valence-electron chi connectivity index (χ4n) is 4.90. The Bertz CT molecular complexity index is 1530. The van der Waals surface area contributed by atoms with Crippen LogP contribution in [0, 0.1) is 17.2 Å². The lowest BCUT2D eigenvalue weighted by molar-refractivity contribution is 0.332. The van der Waals surface area contributed by atoms with Crippen LogP contribution in [0.4, 0.5) is 5.82 Å². The van der Waals surface area contributed by atoms with Gasteiger partial charge in [0.25, 0.3) is 0 Å². The Kier molecular flexibility index (Phi) is 5.12. The molecule has 6 rings (SSSR count). The molecule has 9 heteroatoms. The Hall–Kier alpha value is -3.96. The number of para-hydroxylation sites is 1. The molecule has 1 aromatic carbocycles. The molecule has 8 nitrogen and oxygen atoms in total. The van der Waals surface area contributed by atoms with E-state index in [1.54, 1.807) is 6.33 Å². The molecule has 1 N–H and O–H groups in total. The molecule has 0 radical (unpaired) electrons. The molecule has 2 unspecified atom stereocenters. The highest BCUT2D eigenvalue weighted by Crippen LogP contribution is 2.34. The van der Waals surface area contributed by atoms with Gasteiger partial charge in [-0.1, -0.05) is 23.7 Å². The first kappa shape index (κ1) is 20.6. The summed E-state index contributed by atoms with van der Waals surface area (Å²) >= 11 is 6.38. The predicted octanol–water partition coefficient (Wildman–Crippen LogP) is 5.00. The van der Waals surface area contributed by atoms with Crippen molar-refractivity contribution in [1.82, 2.24) is 29.7 Å². The average Bonchev–Trinajstić information content (AvgIpc) is 3.63. The van der Waals surface area contributed by atoms with Crippen LogP contribution in [0.3, 0.4) is 0 Å². The Morgan fingerprint density at radius 3 is 3.06 bits per heavy atom. The van der Waals surface area contributed by atoms with Crippen LogP contribution in [0.25, 0.3) is 33.2 Å². The molecule has 1 saturated heterocycles. The maximum atomic E-state index is 9.57. The minimum Gasteiger partial charge on any atom is -0.356 e. The molecule has 0 amide bonds. The van der Waals surface area contributed by atoms with Gasteiger partial charge in [-0.15, -0.1) is 0 Å². The molecule has 4 aromatic heterocycles. The third kappa shape index (κ3) is 3.55. The molecule has 168 valence electrons. The van der Waals surface area contributed by atoms with Gasteiger partial charge in [-0.05, 0) is 30.7 Å². The molecule has 5 heterocycles. The number of nitrogens with one attached hydrogen (secondary N) is 1. The van der Waals surface area contributed by atoms with Crippen LogP contribution in [-0.2, 0) is 0 Å². The first-order chi connectivity index (χ1) is 16.7. The number of hydrogen-bond donors (Lipinski definition) is 1. The summed E-state index contributed by atoms with van der Waals surface area (Å²) in [4.78, 5) is 19.0. The zero-order valence-corrected chi connectivity index (χ0v) is 19.0. The molecule has 1 fully saturated rings. The van der Waals surface area contributed by atoms with Crippen molar-refractivity contribution >= 4 is 39.4 Å². The van der Waals surface area contributed by atoms with E-state index in [0.29, 0.717) is 11.4 Å². The van der Waals surface area contributed by atoms with E-state index in [4.69, 9.17) is 16.6 Å². The van der Waals surface area contributed by atoms with E-state index in [0.717, 1.165) is 58.5 Å². The second-order valence-corrected chi connectivity index (χ2v) is 8.98. The van der Waals surface area contributed by atoms with Crippen molar-refractivity contribution in [3.05, 3.63) is 66.3 Å². The number of benzene rings is 1. The lowest BCUT2D eigenvalue weighted by Gasteiger charge is -2.23. The van der Waals surface area contributed by atoms with Crippen molar-refractivity contribution in [2.24, 2.45) is 5.92 Å². The smallest absolute Gasteiger partial charge is 0.141 e. The fourth-order valence-corrected chi connectivity index (χ4v) is 5.12. The number of pyridine rings is 1. The van der Waals surface area contributed by atoms with Crippen molar-refractivity contribution in [2.75, 3.05) is 18.0 Å². The molecular weight excluding hydrogens is 448 g/mol. The van der Waals surface area contributed by atoms with Crippen LogP contribution in [0.5, 0.6) is 0 Å². The van der Waals surface area contributed by atoms with Crippen molar-refractivity contribution in [3.8, 4) is 17.3 Å². The average molecular weight is 469 g/mol. The van der Waals surface area contributed by atoms with E-state index in [1.165, 1.54) is 0 Å². The number of anilines is 1. The standard InChI is InChI=1S/C25H21ClN8/c26-20-3-1-2-16-4-5-22(32-24(16)20)33-11-8-17(13-33)21(6-9-27)34-14-18(12-31-34)23-19-7-10-28-25(19)30-15-29-23/h1-5,7,10,12,14-15,17,21H,6,8,11,13H2,(H,28,29,30). The number of rotatable bonds is 5. The van der Waals surface area contributed by atoms with Crippen LogP contribution in [-0.4, -0.2) is 42.8 Å². The minimum absolute atomic E-state index is 0.0312. The van der Waals surface area contributed by atoms with Crippen molar-refractivity contribution in [1.29, 1.82) is 5.26 Å². The predicted molar refractivity (Wildman–Crippen MR) is 131 cm³/mol. The summed E-state index contributed by atoms with van der Waals surface area (Å²) in [5.74, 6) is 1.18. The summed E-state index contributed by atoms with van der Waals surface area (Å²) in [7, 11) is 0. The number of fused-ring (bicyclic) bond motifs is 2. The molecule has 0 bridgehead atoms.